The summed E-state index contributed by atoms with van der Waals surface area (Å²) in [5.74, 6) is -1.15. The van der Waals surface area contributed by atoms with E-state index in [4.69, 9.17) is 9.47 Å². The van der Waals surface area contributed by atoms with Gasteiger partial charge in [-0.05, 0) is 6.92 Å². The van der Waals surface area contributed by atoms with E-state index in [1.54, 1.807) is 6.92 Å². The lowest BCUT2D eigenvalue weighted by atomic mass is 10.1. The maximum absolute atomic E-state index is 12.7. The number of halogens is 3. The largest absolute Gasteiger partial charge is 0.493 e. The van der Waals surface area contributed by atoms with E-state index in [0.717, 1.165) is 18.2 Å². The number of nitro benzene ring substituents is 1. The number of carbonyl (C=O) groups is 1. The van der Waals surface area contributed by atoms with E-state index >= 15 is 0 Å². The molecule has 0 spiro atoms. The predicted octanol–water partition coefficient (Wildman–Crippen LogP) is 3.19. The monoisotopic (exact) mass is 362 g/mol. The topological polar surface area (TPSA) is 81.9 Å². The summed E-state index contributed by atoms with van der Waals surface area (Å²) in [4.78, 5) is 23.2. The minimum Gasteiger partial charge on any atom is -0.493 e. The van der Waals surface area contributed by atoms with Crippen molar-refractivity contribution in [3.8, 4) is 11.5 Å². The Bertz CT molecular complexity index is 661. The standard InChI is InChI=1S/C15H17F3N2O5/c1-4-6-19(9-15(16,17)18)14(21)10-7-13(25-5-2)12(24-3)8-11(10)20(22)23/h4,7-8H,1,5-6,9H2,2-3H3. The summed E-state index contributed by atoms with van der Waals surface area (Å²) in [6, 6.07) is 1.95. The third kappa shape index (κ3) is 5.37. The first-order valence-electron chi connectivity index (χ1n) is 7.10. The van der Waals surface area contributed by atoms with Gasteiger partial charge in [-0.25, -0.2) is 0 Å². The first kappa shape index (κ1) is 20.3. The van der Waals surface area contributed by atoms with E-state index in [0.29, 0.717) is 4.90 Å². The first-order chi connectivity index (χ1) is 11.6. The van der Waals surface area contributed by atoms with Gasteiger partial charge < -0.3 is 14.4 Å². The molecule has 0 aliphatic carbocycles. The fraction of sp³-hybridized carbons (Fsp3) is 0.400. The molecule has 0 saturated heterocycles. The van der Waals surface area contributed by atoms with Gasteiger partial charge in [0.15, 0.2) is 11.5 Å². The summed E-state index contributed by atoms with van der Waals surface area (Å²) in [5.41, 5.74) is -1.21. The van der Waals surface area contributed by atoms with Crippen molar-refractivity contribution in [1.82, 2.24) is 4.90 Å². The van der Waals surface area contributed by atoms with Gasteiger partial charge in [-0.15, -0.1) is 6.58 Å². The average Bonchev–Trinajstić information content (AvgIpc) is 2.52. The number of alkyl halides is 3. The van der Waals surface area contributed by atoms with Crippen LogP contribution in [-0.2, 0) is 0 Å². The lowest BCUT2D eigenvalue weighted by Gasteiger charge is -2.23. The van der Waals surface area contributed by atoms with Crippen molar-refractivity contribution in [2.45, 2.75) is 13.1 Å². The third-order valence-electron chi connectivity index (χ3n) is 3.02. The van der Waals surface area contributed by atoms with Gasteiger partial charge in [0.1, 0.15) is 12.1 Å². The second kappa shape index (κ2) is 8.36. The van der Waals surface area contributed by atoms with E-state index in [1.807, 2.05) is 0 Å². The first-order valence-corrected chi connectivity index (χ1v) is 7.10. The van der Waals surface area contributed by atoms with Gasteiger partial charge in [-0.3, -0.25) is 14.9 Å². The Morgan fingerprint density at radius 1 is 1.40 bits per heavy atom. The number of amides is 1. The molecule has 1 amide bonds. The number of benzene rings is 1. The molecule has 0 aromatic heterocycles. The molecule has 0 fully saturated rings. The SMILES string of the molecule is C=CCN(CC(F)(F)F)C(=O)c1cc(OCC)c(OC)cc1[N+](=O)[O-]. The highest BCUT2D eigenvalue weighted by atomic mass is 19.4. The highest BCUT2D eigenvalue weighted by Gasteiger charge is 2.35. The minimum absolute atomic E-state index is 0.00353. The van der Waals surface area contributed by atoms with Crippen LogP contribution < -0.4 is 9.47 Å². The molecule has 0 radical (unpaired) electrons. The van der Waals surface area contributed by atoms with Gasteiger partial charge in [0.25, 0.3) is 11.6 Å². The molecule has 10 heteroatoms. The Hall–Kier alpha value is -2.78. The number of ether oxygens (including phenoxy) is 2. The normalized spacial score (nSPS) is 10.9. The van der Waals surface area contributed by atoms with Crippen LogP contribution in [0.2, 0.25) is 0 Å². The molecule has 0 heterocycles. The molecule has 1 rings (SSSR count). The van der Waals surface area contributed by atoms with E-state index in [1.165, 1.54) is 7.11 Å². The molecule has 0 bridgehead atoms. The van der Waals surface area contributed by atoms with Crippen LogP contribution in [0.4, 0.5) is 18.9 Å². The lowest BCUT2D eigenvalue weighted by Crippen LogP contribution is -2.39. The molecule has 0 aliphatic rings. The zero-order valence-corrected chi connectivity index (χ0v) is 13.6. The average molecular weight is 362 g/mol. The molecule has 0 aliphatic heterocycles. The highest BCUT2D eigenvalue weighted by Crippen LogP contribution is 2.35. The highest BCUT2D eigenvalue weighted by molar-refractivity contribution is 5.99. The van der Waals surface area contributed by atoms with E-state index < -0.39 is 41.3 Å². The van der Waals surface area contributed by atoms with Gasteiger partial charge in [0, 0.05) is 12.6 Å². The molecule has 138 valence electrons. The number of hydrogen-bond acceptors (Lipinski definition) is 5. The van der Waals surface area contributed by atoms with E-state index in [2.05, 4.69) is 6.58 Å². The Morgan fingerprint density at radius 3 is 2.48 bits per heavy atom. The second-order valence-corrected chi connectivity index (χ2v) is 4.80. The van der Waals surface area contributed by atoms with Crippen LogP contribution in [0.1, 0.15) is 17.3 Å². The van der Waals surface area contributed by atoms with Crippen LogP contribution in [0.3, 0.4) is 0 Å². The summed E-state index contributed by atoms with van der Waals surface area (Å²) >= 11 is 0. The lowest BCUT2D eigenvalue weighted by molar-refractivity contribution is -0.385. The second-order valence-electron chi connectivity index (χ2n) is 4.80. The molecule has 1 aromatic carbocycles. The molecular weight excluding hydrogens is 345 g/mol. The Labute approximate surface area is 141 Å². The number of nitrogens with zero attached hydrogens (tertiary/aromatic N) is 2. The molecule has 7 nitrogen and oxygen atoms in total. The van der Waals surface area contributed by atoms with Crippen LogP contribution in [0.5, 0.6) is 11.5 Å². The Kier molecular flexibility index (Phi) is 6.77. The molecule has 0 saturated carbocycles. The fourth-order valence-electron chi connectivity index (χ4n) is 2.06. The number of rotatable bonds is 8. The van der Waals surface area contributed by atoms with Crippen LogP contribution in [-0.4, -0.2) is 48.7 Å². The van der Waals surface area contributed by atoms with E-state index in [9.17, 15) is 28.1 Å². The van der Waals surface area contributed by atoms with Gasteiger partial charge >= 0.3 is 6.18 Å². The zero-order chi connectivity index (χ0) is 19.2. The van der Waals surface area contributed by atoms with Crippen molar-refractivity contribution >= 4 is 11.6 Å². The summed E-state index contributed by atoms with van der Waals surface area (Å²) in [7, 11) is 1.25. The van der Waals surface area contributed by atoms with Crippen molar-refractivity contribution in [3.63, 3.8) is 0 Å². The zero-order valence-electron chi connectivity index (χ0n) is 13.6. The Balaban J connectivity index is 3.44. The fourth-order valence-corrected chi connectivity index (χ4v) is 2.06. The van der Waals surface area contributed by atoms with Gasteiger partial charge in [0.05, 0.1) is 24.7 Å². The molecular formula is C15H17F3N2O5. The predicted molar refractivity (Wildman–Crippen MR) is 83.0 cm³/mol. The van der Waals surface area contributed by atoms with Gasteiger partial charge in [-0.1, -0.05) is 6.08 Å². The van der Waals surface area contributed by atoms with Crippen LogP contribution in [0, 0.1) is 10.1 Å². The summed E-state index contributed by atoms with van der Waals surface area (Å²) in [6.45, 7) is 3.11. The van der Waals surface area contributed by atoms with Crippen LogP contribution >= 0.6 is 0 Å². The molecule has 0 N–H and O–H groups in total. The van der Waals surface area contributed by atoms with Crippen molar-refractivity contribution in [3.05, 3.63) is 40.5 Å². The number of carbonyl (C=O) groups excluding carboxylic acids is 1. The maximum Gasteiger partial charge on any atom is 0.406 e. The number of methoxy groups -OCH3 is 1. The maximum atomic E-state index is 12.7. The summed E-state index contributed by atoms with van der Waals surface area (Å²) in [5, 5.41) is 11.2. The smallest absolute Gasteiger partial charge is 0.406 e. The summed E-state index contributed by atoms with van der Waals surface area (Å²) < 4.78 is 48.2. The number of hydrogen-bond donors (Lipinski definition) is 0. The minimum atomic E-state index is -4.66. The molecule has 25 heavy (non-hydrogen) atoms. The van der Waals surface area contributed by atoms with E-state index in [-0.39, 0.29) is 18.1 Å². The van der Waals surface area contributed by atoms with Crippen LogP contribution in [0.25, 0.3) is 0 Å². The number of nitro groups is 1. The van der Waals surface area contributed by atoms with Crippen molar-refractivity contribution in [2.24, 2.45) is 0 Å². The van der Waals surface area contributed by atoms with Crippen LogP contribution in [0.15, 0.2) is 24.8 Å². The van der Waals surface area contributed by atoms with Gasteiger partial charge in [0.2, 0.25) is 0 Å². The quantitative estimate of drug-likeness (QED) is 0.403. The molecule has 0 unspecified atom stereocenters. The molecule has 1 aromatic rings. The summed E-state index contributed by atoms with van der Waals surface area (Å²) in [6.07, 6.45) is -3.56. The van der Waals surface area contributed by atoms with Crippen molar-refractivity contribution in [1.29, 1.82) is 0 Å². The van der Waals surface area contributed by atoms with Gasteiger partial charge in [-0.2, -0.15) is 13.2 Å². The van der Waals surface area contributed by atoms with Crippen molar-refractivity contribution in [2.75, 3.05) is 26.8 Å². The Morgan fingerprint density at radius 2 is 2.04 bits per heavy atom. The molecule has 0 atom stereocenters. The van der Waals surface area contributed by atoms with Crippen molar-refractivity contribution < 1.29 is 32.4 Å². The third-order valence-corrected chi connectivity index (χ3v) is 3.02.